The van der Waals surface area contributed by atoms with Crippen LogP contribution >= 0.6 is 11.6 Å². The normalized spacial score (nSPS) is 22.6. The van der Waals surface area contributed by atoms with Gasteiger partial charge in [0.05, 0.1) is 37.1 Å². The number of rotatable bonds is 14. The molecule has 2 aromatic carbocycles. The smallest absolute Gasteiger partial charge is 0.0991 e. The summed E-state index contributed by atoms with van der Waals surface area (Å²) in [6.07, 6.45) is 2.42. The highest BCUT2D eigenvalue weighted by Gasteiger charge is 2.33. The van der Waals surface area contributed by atoms with E-state index < -0.39 is 0 Å². The molecule has 43 heavy (non-hydrogen) atoms. The predicted molar refractivity (Wildman–Crippen MR) is 173 cm³/mol. The molecule has 0 bridgehead atoms. The number of benzene rings is 2. The van der Waals surface area contributed by atoms with Gasteiger partial charge >= 0.3 is 0 Å². The quantitative estimate of drug-likeness (QED) is 0.313. The molecule has 0 amide bonds. The second-order valence-corrected chi connectivity index (χ2v) is 13.1. The minimum absolute atomic E-state index is 0.229. The Morgan fingerprint density at radius 2 is 1.23 bits per heavy atom. The molecular formula is C35H52ClN3O4. The fourth-order valence-electron chi connectivity index (χ4n) is 5.92. The molecule has 0 saturated carbocycles. The number of nitrogens with zero attached hydrogens (tertiary/aromatic N) is 3. The molecule has 0 spiro atoms. The van der Waals surface area contributed by atoms with Crippen LogP contribution in [-0.2, 0) is 22.3 Å². The maximum Gasteiger partial charge on any atom is 0.0991 e. The third-order valence-corrected chi connectivity index (χ3v) is 8.67. The van der Waals surface area contributed by atoms with Crippen molar-refractivity contribution < 1.29 is 19.7 Å². The zero-order chi connectivity index (χ0) is 31.2. The first-order chi connectivity index (χ1) is 20.7. The lowest BCUT2D eigenvalue weighted by molar-refractivity contribution is 0.0364. The molecule has 4 atom stereocenters. The Bertz CT molecular complexity index is 1120. The van der Waals surface area contributed by atoms with Gasteiger partial charge in [0.2, 0.25) is 0 Å². The van der Waals surface area contributed by atoms with Crippen molar-refractivity contribution in [1.29, 1.82) is 5.26 Å². The Morgan fingerprint density at radius 1 is 0.767 bits per heavy atom. The molecule has 4 unspecified atom stereocenters. The molecule has 7 nitrogen and oxygen atoms in total. The molecular weight excluding hydrogens is 562 g/mol. The highest BCUT2D eigenvalue weighted by atomic mass is 35.5. The van der Waals surface area contributed by atoms with Crippen LogP contribution in [0, 0.1) is 35.0 Å². The lowest BCUT2D eigenvalue weighted by Crippen LogP contribution is -2.24. The van der Waals surface area contributed by atoms with Crippen LogP contribution in [0.25, 0.3) is 0 Å². The number of halogens is 1. The fourth-order valence-corrected chi connectivity index (χ4v) is 6.14. The highest BCUT2D eigenvalue weighted by Crippen LogP contribution is 2.25. The van der Waals surface area contributed by atoms with Gasteiger partial charge < -0.3 is 29.5 Å². The van der Waals surface area contributed by atoms with Crippen LogP contribution in [0.2, 0.25) is 5.02 Å². The Morgan fingerprint density at radius 3 is 1.67 bits per heavy atom. The first-order valence-corrected chi connectivity index (χ1v) is 16.2. The predicted octanol–water partition coefficient (Wildman–Crippen LogP) is 4.91. The Kier molecular flexibility index (Phi) is 15.4. The summed E-state index contributed by atoms with van der Waals surface area (Å²) in [5, 5.41) is 28.8. The molecule has 238 valence electrons. The lowest BCUT2D eigenvalue weighted by atomic mass is 9.98. The second-order valence-electron chi connectivity index (χ2n) is 12.6. The van der Waals surface area contributed by atoms with Crippen LogP contribution in [0.15, 0.2) is 48.5 Å². The van der Waals surface area contributed by atoms with Gasteiger partial charge in [-0.3, -0.25) is 0 Å². The van der Waals surface area contributed by atoms with Crippen LogP contribution in [-0.4, -0.2) is 97.9 Å². The summed E-state index contributed by atoms with van der Waals surface area (Å²) >= 11 is 6.02. The zero-order valence-corrected chi connectivity index (χ0v) is 27.3. The van der Waals surface area contributed by atoms with Crippen molar-refractivity contribution in [3.63, 3.8) is 0 Å². The van der Waals surface area contributed by atoms with Crippen LogP contribution < -0.4 is 0 Å². The summed E-state index contributed by atoms with van der Waals surface area (Å²) in [4.78, 5) is 4.82. The topological polar surface area (TPSA) is 89.2 Å². The van der Waals surface area contributed by atoms with E-state index >= 15 is 0 Å². The molecule has 4 rings (SSSR count). The molecule has 0 radical (unpaired) electrons. The summed E-state index contributed by atoms with van der Waals surface area (Å²) in [6.45, 7) is 16.0. The lowest BCUT2D eigenvalue weighted by Gasteiger charge is -2.18. The zero-order valence-electron chi connectivity index (χ0n) is 26.5. The van der Waals surface area contributed by atoms with E-state index in [9.17, 15) is 10.2 Å². The maximum absolute atomic E-state index is 9.55. The first-order valence-electron chi connectivity index (χ1n) is 15.8. The summed E-state index contributed by atoms with van der Waals surface area (Å²) < 4.78 is 11.5. The van der Waals surface area contributed by atoms with E-state index in [1.807, 2.05) is 50.2 Å². The van der Waals surface area contributed by atoms with E-state index in [0.29, 0.717) is 23.7 Å². The van der Waals surface area contributed by atoms with Crippen molar-refractivity contribution >= 4 is 11.6 Å². The molecule has 2 heterocycles. The molecule has 2 aliphatic rings. The Balaban J connectivity index is 0.000000236. The monoisotopic (exact) mass is 613 g/mol. The number of likely N-dealkylation sites (tertiary alicyclic amines) is 2. The summed E-state index contributed by atoms with van der Waals surface area (Å²) in [5.74, 6) is 1.50. The van der Waals surface area contributed by atoms with E-state index in [4.69, 9.17) is 26.3 Å². The largest absolute Gasteiger partial charge is 0.396 e. The van der Waals surface area contributed by atoms with Crippen molar-refractivity contribution in [3.8, 4) is 6.07 Å². The van der Waals surface area contributed by atoms with Crippen LogP contribution in [0.5, 0.6) is 0 Å². The minimum atomic E-state index is 0.229. The molecule has 0 aliphatic carbocycles. The number of aliphatic hydroxyl groups excluding tert-OH is 2. The molecule has 2 aromatic rings. The van der Waals surface area contributed by atoms with Gasteiger partial charge in [-0.25, -0.2) is 0 Å². The first kappa shape index (κ1) is 35.5. The summed E-state index contributed by atoms with van der Waals surface area (Å²) in [5.41, 5.74) is 3.18. The average Bonchev–Trinajstić information content (AvgIpc) is 3.60. The van der Waals surface area contributed by atoms with Gasteiger partial charge in [-0.05, 0) is 75.9 Å². The van der Waals surface area contributed by atoms with Gasteiger partial charge in [-0.2, -0.15) is 5.26 Å². The van der Waals surface area contributed by atoms with Crippen molar-refractivity contribution in [2.24, 2.45) is 23.7 Å². The van der Waals surface area contributed by atoms with E-state index in [-0.39, 0.29) is 25.4 Å². The van der Waals surface area contributed by atoms with Crippen molar-refractivity contribution in [2.45, 2.75) is 52.7 Å². The standard InChI is InChI=1S/C18H26N2O2.C17H26ClNO2/c1-14(2)22-13-18-11-20(10-17(18)12-21)7-6-15-4-3-5-16(8-15)9-19;1-13(2)21-12-16-10-19(9-15(16)11-20)7-6-14-4-3-5-17(18)8-14/h3-5,8,14,17-18,21H,6-7,10-13H2,1-2H3;3-5,8,13,15-16,20H,6-7,9-12H2,1-2H3. The third kappa shape index (κ3) is 12.5. The van der Waals surface area contributed by atoms with Gasteiger partial charge in [0.25, 0.3) is 0 Å². The summed E-state index contributed by atoms with van der Waals surface area (Å²) in [6, 6.07) is 18.0. The van der Waals surface area contributed by atoms with E-state index in [1.165, 1.54) is 11.1 Å². The van der Waals surface area contributed by atoms with Gasteiger partial charge in [0.15, 0.2) is 0 Å². The average molecular weight is 614 g/mol. The Labute approximate surface area is 264 Å². The number of aliphatic hydroxyl groups is 2. The second kappa shape index (κ2) is 18.7. The number of hydrogen-bond donors (Lipinski definition) is 2. The summed E-state index contributed by atoms with van der Waals surface area (Å²) in [7, 11) is 0. The van der Waals surface area contributed by atoms with Crippen LogP contribution in [0.1, 0.15) is 44.4 Å². The van der Waals surface area contributed by atoms with Crippen molar-refractivity contribution in [1.82, 2.24) is 9.80 Å². The SMILES string of the molecule is CC(C)OCC1CN(CCc2cccc(C#N)c2)CC1CO.CC(C)OCC1CN(CCc2cccc(Cl)c2)CC1CO. The number of nitriles is 1. The molecule has 8 heteroatoms. The number of hydrogen-bond acceptors (Lipinski definition) is 7. The van der Waals surface area contributed by atoms with Crippen molar-refractivity contribution in [3.05, 3.63) is 70.2 Å². The van der Waals surface area contributed by atoms with E-state index in [2.05, 4.69) is 41.8 Å². The molecule has 2 N–H and O–H groups in total. The third-order valence-electron chi connectivity index (χ3n) is 8.44. The van der Waals surface area contributed by atoms with Gasteiger partial charge in [-0.1, -0.05) is 35.9 Å². The molecule has 2 saturated heterocycles. The minimum Gasteiger partial charge on any atom is -0.396 e. The van der Waals surface area contributed by atoms with Crippen LogP contribution in [0.3, 0.4) is 0 Å². The van der Waals surface area contributed by atoms with E-state index in [1.54, 1.807) is 0 Å². The number of ether oxygens (including phenoxy) is 2. The van der Waals surface area contributed by atoms with Gasteiger partial charge in [0.1, 0.15) is 0 Å². The molecule has 0 aromatic heterocycles. The van der Waals surface area contributed by atoms with E-state index in [0.717, 1.165) is 75.9 Å². The fraction of sp³-hybridized carbons (Fsp3) is 0.629. The van der Waals surface area contributed by atoms with Gasteiger partial charge in [0, 0.05) is 81.2 Å². The van der Waals surface area contributed by atoms with Gasteiger partial charge in [-0.15, -0.1) is 0 Å². The highest BCUT2D eigenvalue weighted by molar-refractivity contribution is 6.30. The Hall–Kier alpha value is -2.02. The maximum atomic E-state index is 9.55. The van der Waals surface area contributed by atoms with Crippen LogP contribution in [0.4, 0.5) is 0 Å². The van der Waals surface area contributed by atoms with Crippen molar-refractivity contribution in [2.75, 3.05) is 65.7 Å². The molecule has 2 fully saturated rings. The molecule has 2 aliphatic heterocycles.